The zero-order chi connectivity index (χ0) is 23.5. The Morgan fingerprint density at radius 2 is 1.94 bits per heavy atom. The Kier molecular flexibility index (Phi) is 7.43. The highest BCUT2D eigenvalue weighted by molar-refractivity contribution is 7.99. The molecule has 0 aliphatic carbocycles. The summed E-state index contributed by atoms with van der Waals surface area (Å²) in [6.07, 6.45) is 1.81. The van der Waals surface area contributed by atoms with Crippen LogP contribution in [-0.2, 0) is 9.63 Å². The third-order valence-electron chi connectivity index (χ3n) is 7.01. The minimum atomic E-state index is -0.157. The highest BCUT2D eigenvalue weighted by atomic mass is 32.2. The maximum atomic E-state index is 13.2. The Balaban J connectivity index is 1.24. The number of benzene rings is 1. The number of amides is 1. The number of hydrogen-bond donors (Lipinski definition) is 0. The molecular formula is C25H36N6O2S. The molecule has 0 saturated carbocycles. The third-order valence-corrected chi connectivity index (χ3v) is 7.98. The number of para-hydroxylation sites is 1. The van der Waals surface area contributed by atoms with E-state index in [9.17, 15) is 4.79 Å². The fraction of sp³-hybridized carbons (Fsp3) is 0.600. The van der Waals surface area contributed by atoms with Crippen LogP contribution in [0.5, 0.6) is 0 Å². The molecule has 3 saturated heterocycles. The average molecular weight is 485 g/mol. The second kappa shape index (κ2) is 10.7. The van der Waals surface area contributed by atoms with Gasteiger partial charge in [0.2, 0.25) is 5.91 Å². The molecule has 9 heteroatoms. The van der Waals surface area contributed by atoms with Crippen molar-refractivity contribution in [1.82, 2.24) is 24.6 Å². The highest BCUT2D eigenvalue weighted by Gasteiger charge is 2.43. The average Bonchev–Trinajstić information content (AvgIpc) is 3.63. The Bertz CT molecular complexity index is 956. The number of hydroxylamine groups is 2. The lowest BCUT2D eigenvalue weighted by Gasteiger charge is -2.38. The van der Waals surface area contributed by atoms with Crippen LogP contribution in [0.1, 0.15) is 25.5 Å². The first-order valence-electron chi connectivity index (χ1n) is 12.5. The van der Waals surface area contributed by atoms with Gasteiger partial charge in [0.25, 0.3) is 0 Å². The predicted octanol–water partition coefficient (Wildman–Crippen LogP) is 2.62. The Hall–Kier alpha value is -2.07. The van der Waals surface area contributed by atoms with Crippen LogP contribution in [0.25, 0.3) is 5.69 Å². The van der Waals surface area contributed by atoms with Crippen LogP contribution in [0.15, 0.2) is 36.4 Å². The molecule has 184 valence electrons. The SMILES string of the molecule is CCCON1C[C@@H](N2CCN(c3cc(C)nn3-c3ccccc3)CC2)C[C@H]1C(=O)N1CCSC1. The van der Waals surface area contributed by atoms with Crippen LogP contribution in [0.4, 0.5) is 5.82 Å². The van der Waals surface area contributed by atoms with Gasteiger partial charge in [-0.2, -0.15) is 10.2 Å². The van der Waals surface area contributed by atoms with Crippen molar-refractivity contribution in [1.29, 1.82) is 0 Å². The second-order valence-electron chi connectivity index (χ2n) is 9.39. The van der Waals surface area contributed by atoms with Gasteiger partial charge in [-0.1, -0.05) is 25.1 Å². The van der Waals surface area contributed by atoms with E-state index in [4.69, 9.17) is 9.94 Å². The summed E-state index contributed by atoms with van der Waals surface area (Å²) in [5, 5.41) is 6.74. The normalized spacial score (nSPS) is 24.3. The lowest BCUT2D eigenvalue weighted by Crippen LogP contribution is -2.51. The van der Waals surface area contributed by atoms with E-state index in [1.807, 2.05) is 27.8 Å². The minimum absolute atomic E-state index is 0.157. The largest absolute Gasteiger partial charge is 0.354 e. The molecule has 0 bridgehead atoms. The van der Waals surface area contributed by atoms with E-state index in [1.165, 1.54) is 0 Å². The molecule has 0 N–H and O–H groups in total. The molecular weight excluding hydrogens is 448 g/mol. The van der Waals surface area contributed by atoms with Crippen molar-refractivity contribution >= 4 is 23.5 Å². The number of carbonyl (C=O) groups excluding carboxylic acids is 1. The second-order valence-corrected chi connectivity index (χ2v) is 10.5. The summed E-state index contributed by atoms with van der Waals surface area (Å²) in [7, 11) is 0. The van der Waals surface area contributed by atoms with Gasteiger partial charge in [-0.05, 0) is 31.9 Å². The third kappa shape index (κ3) is 4.98. The smallest absolute Gasteiger partial charge is 0.243 e. The maximum absolute atomic E-state index is 13.2. The van der Waals surface area contributed by atoms with Crippen molar-refractivity contribution < 1.29 is 9.63 Å². The van der Waals surface area contributed by atoms with Gasteiger partial charge in [-0.15, -0.1) is 11.8 Å². The molecule has 34 heavy (non-hydrogen) atoms. The first-order chi connectivity index (χ1) is 16.6. The molecule has 2 atom stereocenters. The number of anilines is 1. The fourth-order valence-corrected chi connectivity index (χ4v) is 6.16. The van der Waals surface area contributed by atoms with Gasteiger partial charge in [0.05, 0.1) is 23.9 Å². The molecule has 1 amide bonds. The van der Waals surface area contributed by atoms with Gasteiger partial charge in [0.1, 0.15) is 11.9 Å². The molecule has 2 aromatic rings. The van der Waals surface area contributed by atoms with Crippen LogP contribution < -0.4 is 4.90 Å². The molecule has 0 radical (unpaired) electrons. The Morgan fingerprint density at radius 3 is 2.65 bits per heavy atom. The van der Waals surface area contributed by atoms with Gasteiger partial charge in [-0.25, -0.2) is 4.68 Å². The predicted molar refractivity (Wildman–Crippen MR) is 136 cm³/mol. The van der Waals surface area contributed by atoms with Gasteiger partial charge in [-0.3, -0.25) is 14.5 Å². The quantitative estimate of drug-likeness (QED) is 0.599. The van der Waals surface area contributed by atoms with Gasteiger partial charge in [0, 0.05) is 57.1 Å². The number of piperazine rings is 1. The number of carbonyl (C=O) groups is 1. The van der Waals surface area contributed by atoms with Crippen LogP contribution in [-0.4, -0.2) is 100 Å². The van der Waals surface area contributed by atoms with E-state index in [2.05, 4.69) is 58.7 Å². The number of aromatic nitrogens is 2. The van der Waals surface area contributed by atoms with E-state index in [0.717, 1.165) is 80.9 Å². The summed E-state index contributed by atoms with van der Waals surface area (Å²) in [6, 6.07) is 12.7. The number of hydrogen-bond acceptors (Lipinski definition) is 7. The lowest BCUT2D eigenvalue weighted by atomic mass is 10.1. The van der Waals surface area contributed by atoms with Crippen LogP contribution in [0.3, 0.4) is 0 Å². The number of thioether (sulfide) groups is 1. The van der Waals surface area contributed by atoms with Crippen molar-refractivity contribution in [2.24, 2.45) is 0 Å². The lowest BCUT2D eigenvalue weighted by molar-refractivity contribution is -0.182. The van der Waals surface area contributed by atoms with Crippen molar-refractivity contribution in [3.8, 4) is 5.69 Å². The topological polar surface area (TPSA) is 57.1 Å². The summed E-state index contributed by atoms with van der Waals surface area (Å²) in [5.74, 6) is 3.25. The maximum Gasteiger partial charge on any atom is 0.243 e. The Labute approximate surface area is 206 Å². The van der Waals surface area contributed by atoms with Crippen molar-refractivity contribution in [3.05, 3.63) is 42.1 Å². The molecule has 4 heterocycles. The van der Waals surface area contributed by atoms with E-state index < -0.39 is 0 Å². The molecule has 1 aromatic carbocycles. The molecule has 1 aromatic heterocycles. The standard InChI is InChI=1S/C25H36N6O2S/c1-3-14-33-30-18-22(17-23(30)25(32)29-13-15-34-19-29)27-9-11-28(12-10-27)24-16-20(2)26-31(24)21-7-5-4-6-8-21/h4-8,16,22-23H,3,9-15,17-19H2,1-2H3/t22-,23-/m0/s1. The molecule has 0 spiro atoms. The molecule has 3 aliphatic heterocycles. The molecule has 3 aliphatic rings. The van der Waals surface area contributed by atoms with Crippen molar-refractivity contribution in [2.45, 2.75) is 38.8 Å². The zero-order valence-corrected chi connectivity index (χ0v) is 21.1. The first kappa shape index (κ1) is 23.7. The molecule has 0 unspecified atom stereocenters. The molecule has 5 rings (SSSR count). The highest BCUT2D eigenvalue weighted by Crippen LogP contribution is 2.29. The minimum Gasteiger partial charge on any atom is -0.354 e. The van der Waals surface area contributed by atoms with E-state index in [0.29, 0.717) is 12.6 Å². The molecule has 8 nitrogen and oxygen atoms in total. The van der Waals surface area contributed by atoms with Crippen molar-refractivity contribution in [3.63, 3.8) is 0 Å². The first-order valence-corrected chi connectivity index (χ1v) is 13.7. The van der Waals surface area contributed by atoms with Crippen molar-refractivity contribution in [2.75, 3.05) is 62.4 Å². The van der Waals surface area contributed by atoms with E-state index in [-0.39, 0.29) is 11.9 Å². The zero-order valence-electron chi connectivity index (χ0n) is 20.3. The van der Waals surface area contributed by atoms with Gasteiger partial charge >= 0.3 is 0 Å². The van der Waals surface area contributed by atoms with E-state index >= 15 is 0 Å². The number of nitrogens with zero attached hydrogens (tertiary/aromatic N) is 6. The van der Waals surface area contributed by atoms with Crippen LogP contribution in [0, 0.1) is 6.92 Å². The summed E-state index contributed by atoms with van der Waals surface area (Å²) in [6.45, 7) is 10.4. The summed E-state index contributed by atoms with van der Waals surface area (Å²) in [5.41, 5.74) is 2.12. The Morgan fingerprint density at radius 1 is 1.15 bits per heavy atom. The summed E-state index contributed by atoms with van der Waals surface area (Å²) >= 11 is 1.84. The van der Waals surface area contributed by atoms with Gasteiger partial charge in [0.15, 0.2) is 0 Å². The van der Waals surface area contributed by atoms with Gasteiger partial charge < -0.3 is 9.80 Å². The van der Waals surface area contributed by atoms with Crippen LogP contribution in [0.2, 0.25) is 0 Å². The van der Waals surface area contributed by atoms with E-state index in [1.54, 1.807) is 0 Å². The summed E-state index contributed by atoms with van der Waals surface area (Å²) < 4.78 is 2.06. The number of rotatable bonds is 7. The fourth-order valence-electron chi connectivity index (χ4n) is 5.21. The number of aryl methyl sites for hydroxylation is 1. The summed E-state index contributed by atoms with van der Waals surface area (Å²) in [4.78, 5) is 26.3. The monoisotopic (exact) mass is 484 g/mol. The molecule has 3 fully saturated rings. The van der Waals surface area contributed by atoms with Crippen LogP contribution >= 0.6 is 11.8 Å².